The van der Waals surface area contributed by atoms with Gasteiger partial charge < -0.3 is 19.9 Å². The summed E-state index contributed by atoms with van der Waals surface area (Å²) in [6, 6.07) is 0. The maximum absolute atomic E-state index is 10.8. The highest BCUT2D eigenvalue weighted by Gasteiger charge is 2.38. The molecule has 0 aliphatic heterocycles. The van der Waals surface area contributed by atoms with Crippen molar-refractivity contribution < 1.29 is 24.7 Å². The Labute approximate surface area is 87.8 Å². The molecule has 0 radical (unpaired) electrons. The Kier molecular flexibility index (Phi) is 3.54. The molecule has 0 aromatic heterocycles. The molecule has 0 bridgehead atoms. The maximum Gasteiger partial charge on any atom is 0.463 e. The van der Waals surface area contributed by atoms with Crippen LogP contribution in [0, 0.1) is 5.92 Å². The molecule has 0 saturated heterocycles. The van der Waals surface area contributed by atoms with E-state index in [1.54, 1.807) is 6.92 Å². The van der Waals surface area contributed by atoms with Crippen LogP contribution in [0.15, 0.2) is 23.5 Å². The van der Waals surface area contributed by atoms with Gasteiger partial charge >= 0.3 is 13.1 Å². The number of hydrogen-bond acceptors (Lipinski definition) is 4. The van der Waals surface area contributed by atoms with Crippen LogP contribution in [-0.4, -0.2) is 35.4 Å². The van der Waals surface area contributed by atoms with Gasteiger partial charge in [-0.15, -0.1) is 0 Å². The summed E-state index contributed by atoms with van der Waals surface area (Å²) >= 11 is 0. The average molecular weight is 212 g/mol. The molecule has 1 aliphatic rings. The molecule has 0 heterocycles. The molecular formula is C9H13BO5. The molecule has 2 atom stereocenters. The summed E-state index contributed by atoms with van der Waals surface area (Å²) in [5, 5.41) is 27.2. The van der Waals surface area contributed by atoms with Gasteiger partial charge in [-0.3, -0.25) is 0 Å². The van der Waals surface area contributed by atoms with E-state index in [0.29, 0.717) is 5.76 Å². The molecule has 15 heavy (non-hydrogen) atoms. The summed E-state index contributed by atoms with van der Waals surface area (Å²) in [4.78, 5) is 10.8. The molecule has 1 aliphatic carbocycles. The topological polar surface area (TPSA) is 87.0 Å². The average Bonchev–Trinajstić information content (AvgIpc) is 2.15. The highest BCUT2D eigenvalue weighted by atomic mass is 16.5. The van der Waals surface area contributed by atoms with Crippen LogP contribution in [-0.2, 0) is 9.53 Å². The van der Waals surface area contributed by atoms with Crippen LogP contribution in [0.3, 0.4) is 0 Å². The first-order chi connectivity index (χ1) is 6.99. The number of allylic oxidation sites excluding steroid dienone is 3. The Balaban J connectivity index is 3.06. The van der Waals surface area contributed by atoms with Gasteiger partial charge in [0.2, 0.25) is 0 Å². The van der Waals surface area contributed by atoms with Crippen molar-refractivity contribution in [2.45, 2.75) is 12.7 Å². The van der Waals surface area contributed by atoms with Crippen molar-refractivity contribution in [1.29, 1.82) is 0 Å². The van der Waals surface area contributed by atoms with Gasteiger partial charge in [0.15, 0.2) is 0 Å². The fraction of sp³-hybridized carbons (Fsp3) is 0.444. The lowest BCUT2D eigenvalue weighted by atomic mass is 9.61. The van der Waals surface area contributed by atoms with Crippen molar-refractivity contribution >= 4 is 13.1 Å². The number of carbonyl (C=O) groups is 1. The number of ether oxygens (including phenoxy) is 1. The third-order valence-corrected chi connectivity index (χ3v) is 2.59. The van der Waals surface area contributed by atoms with E-state index in [2.05, 4.69) is 0 Å². The maximum atomic E-state index is 10.8. The molecule has 3 N–H and O–H groups in total. The van der Waals surface area contributed by atoms with Crippen LogP contribution < -0.4 is 0 Å². The van der Waals surface area contributed by atoms with E-state index >= 15 is 0 Å². The second kappa shape index (κ2) is 4.50. The number of rotatable bonds is 3. The Morgan fingerprint density at radius 3 is 2.47 bits per heavy atom. The summed E-state index contributed by atoms with van der Waals surface area (Å²) in [6.07, 6.45) is 2.87. The van der Waals surface area contributed by atoms with E-state index in [0.717, 1.165) is 0 Å². The Bertz CT molecular complexity index is 320. The van der Waals surface area contributed by atoms with Crippen molar-refractivity contribution in [2.24, 2.45) is 5.92 Å². The molecule has 6 heteroatoms. The second-order valence-corrected chi connectivity index (χ2v) is 3.43. The van der Waals surface area contributed by atoms with Gasteiger partial charge in [-0.05, 0) is 18.1 Å². The number of methoxy groups -OCH3 is 1. The van der Waals surface area contributed by atoms with Gasteiger partial charge in [-0.25, -0.2) is 4.79 Å². The molecule has 0 fully saturated rings. The van der Waals surface area contributed by atoms with Gasteiger partial charge in [0.1, 0.15) is 0 Å². The fourth-order valence-electron chi connectivity index (χ4n) is 1.75. The number of carboxylic acids is 1. The first kappa shape index (κ1) is 11.8. The number of hydrogen-bond donors (Lipinski definition) is 3. The Morgan fingerprint density at radius 2 is 2.07 bits per heavy atom. The van der Waals surface area contributed by atoms with Gasteiger partial charge in [0, 0.05) is 5.57 Å². The van der Waals surface area contributed by atoms with E-state index < -0.39 is 24.8 Å². The largest absolute Gasteiger partial charge is 0.501 e. The number of carboxylic acid groups (broad SMARTS) is 1. The Morgan fingerprint density at radius 1 is 1.47 bits per heavy atom. The van der Waals surface area contributed by atoms with Crippen molar-refractivity contribution in [2.75, 3.05) is 7.11 Å². The lowest BCUT2D eigenvalue weighted by Gasteiger charge is -2.27. The molecular weight excluding hydrogens is 199 g/mol. The van der Waals surface area contributed by atoms with Crippen molar-refractivity contribution in [3.8, 4) is 0 Å². The minimum atomic E-state index is -1.63. The third-order valence-electron chi connectivity index (χ3n) is 2.59. The van der Waals surface area contributed by atoms with E-state index in [1.165, 1.54) is 19.3 Å². The zero-order valence-corrected chi connectivity index (χ0v) is 8.54. The summed E-state index contributed by atoms with van der Waals surface area (Å²) in [6.45, 7) is 1.62. The smallest absolute Gasteiger partial charge is 0.463 e. The molecule has 0 amide bonds. The predicted octanol–water partition coefficient (Wildman–Crippen LogP) is 0.0204. The lowest BCUT2D eigenvalue weighted by molar-refractivity contribution is -0.133. The zero-order chi connectivity index (χ0) is 11.6. The molecule has 82 valence electrons. The van der Waals surface area contributed by atoms with Crippen molar-refractivity contribution in [3.05, 3.63) is 23.5 Å². The highest BCUT2D eigenvalue weighted by molar-refractivity contribution is 6.44. The van der Waals surface area contributed by atoms with Gasteiger partial charge in [0.25, 0.3) is 0 Å². The number of aliphatic carboxylic acids is 1. The van der Waals surface area contributed by atoms with Crippen LogP contribution in [0.2, 0.25) is 5.82 Å². The van der Waals surface area contributed by atoms with E-state index in [4.69, 9.17) is 19.9 Å². The summed E-state index contributed by atoms with van der Waals surface area (Å²) < 4.78 is 4.97. The summed E-state index contributed by atoms with van der Waals surface area (Å²) in [5.74, 6) is -1.91. The molecule has 0 saturated carbocycles. The van der Waals surface area contributed by atoms with Crippen molar-refractivity contribution in [3.63, 3.8) is 0 Å². The first-order valence-electron chi connectivity index (χ1n) is 4.54. The lowest BCUT2D eigenvalue weighted by Crippen LogP contribution is -2.32. The van der Waals surface area contributed by atoms with Crippen LogP contribution in [0.4, 0.5) is 0 Å². The zero-order valence-electron chi connectivity index (χ0n) is 8.54. The molecule has 1 rings (SSSR count). The highest BCUT2D eigenvalue weighted by Crippen LogP contribution is 2.37. The van der Waals surface area contributed by atoms with Gasteiger partial charge in [-0.1, -0.05) is 6.92 Å². The van der Waals surface area contributed by atoms with E-state index in [9.17, 15) is 4.79 Å². The van der Waals surface area contributed by atoms with Crippen LogP contribution in [0.1, 0.15) is 6.92 Å². The molecule has 2 unspecified atom stereocenters. The molecule has 0 aromatic rings. The van der Waals surface area contributed by atoms with E-state index in [-0.39, 0.29) is 5.57 Å². The fourth-order valence-corrected chi connectivity index (χ4v) is 1.75. The van der Waals surface area contributed by atoms with E-state index in [1.807, 2.05) is 0 Å². The molecule has 5 nitrogen and oxygen atoms in total. The van der Waals surface area contributed by atoms with Gasteiger partial charge in [0.05, 0.1) is 18.7 Å². The molecule has 0 spiro atoms. The standard InChI is InChI=1S/C9H13BO5/c1-5-6(9(11)12)3-4-7(15-2)8(5)10(13)14/h3-5,8,13-14H,1-2H3,(H,11,12). The second-order valence-electron chi connectivity index (χ2n) is 3.43. The Hall–Kier alpha value is -1.27. The minimum absolute atomic E-state index is 0.147. The van der Waals surface area contributed by atoms with Crippen LogP contribution in [0.25, 0.3) is 0 Å². The predicted molar refractivity (Wildman–Crippen MR) is 53.9 cm³/mol. The minimum Gasteiger partial charge on any atom is -0.501 e. The SMILES string of the molecule is COC1=CC=C(C(=O)O)C(C)C1B(O)O. The molecule has 0 aromatic carbocycles. The summed E-state index contributed by atoms with van der Waals surface area (Å²) in [7, 11) is -0.220. The van der Waals surface area contributed by atoms with Crippen LogP contribution >= 0.6 is 0 Å². The first-order valence-corrected chi connectivity index (χ1v) is 4.54. The quantitative estimate of drug-likeness (QED) is 0.574. The van der Waals surface area contributed by atoms with Crippen LogP contribution in [0.5, 0.6) is 0 Å². The summed E-state index contributed by atoms with van der Waals surface area (Å²) in [5.41, 5.74) is 0.147. The van der Waals surface area contributed by atoms with Crippen molar-refractivity contribution in [1.82, 2.24) is 0 Å². The monoisotopic (exact) mass is 212 g/mol. The third kappa shape index (κ3) is 2.22. The normalized spacial score (nSPS) is 25.3. The van der Waals surface area contributed by atoms with Gasteiger partial charge in [-0.2, -0.15) is 0 Å².